The second-order valence-electron chi connectivity index (χ2n) is 6.77. The molecule has 0 saturated carbocycles. The molecule has 2 saturated heterocycles. The molecule has 20 heavy (non-hydrogen) atoms. The standard InChI is InChI=1S/C16H22N2O2/c1-11-6-5-7-12(8-11)18-13-9-17(10-14(13)18)15(19)20-16(2,3)4/h5-8,13-14H,9-10H2,1-4H3/t13-,14+,18?. The third kappa shape index (κ3) is 2.47. The van der Waals surface area contributed by atoms with Crippen molar-refractivity contribution >= 4 is 11.8 Å². The number of fused-ring (bicyclic) bond motifs is 1. The molecule has 2 fully saturated rings. The van der Waals surface area contributed by atoms with Gasteiger partial charge in [0.1, 0.15) is 5.60 Å². The van der Waals surface area contributed by atoms with E-state index >= 15 is 0 Å². The summed E-state index contributed by atoms with van der Waals surface area (Å²) >= 11 is 0. The van der Waals surface area contributed by atoms with Gasteiger partial charge in [-0.25, -0.2) is 4.79 Å². The van der Waals surface area contributed by atoms with E-state index in [1.54, 1.807) is 0 Å². The molecule has 2 aliphatic heterocycles. The lowest BCUT2D eigenvalue weighted by atomic mass is 10.2. The van der Waals surface area contributed by atoms with Gasteiger partial charge in [-0.15, -0.1) is 0 Å². The van der Waals surface area contributed by atoms with E-state index < -0.39 is 5.60 Å². The van der Waals surface area contributed by atoms with Crippen molar-refractivity contribution in [2.75, 3.05) is 18.0 Å². The molecule has 1 aromatic carbocycles. The number of benzene rings is 1. The summed E-state index contributed by atoms with van der Waals surface area (Å²) in [6, 6.07) is 9.47. The summed E-state index contributed by atoms with van der Waals surface area (Å²) in [5, 5.41) is 0. The second kappa shape index (κ2) is 4.40. The normalized spacial score (nSPS) is 24.6. The number of hydrogen-bond donors (Lipinski definition) is 0. The summed E-state index contributed by atoms with van der Waals surface area (Å²) in [7, 11) is 0. The fourth-order valence-electron chi connectivity index (χ4n) is 2.93. The van der Waals surface area contributed by atoms with Crippen LogP contribution in [-0.2, 0) is 4.74 Å². The third-order valence-corrected chi connectivity index (χ3v) is 3.84. The minimum Gasteiger partial charge on any atom is -0.444 e. The van der Waals surface area contributed by atoms with Gasteiger partial charge in [0.25, 0.3) is 0 Å². The summed E-state index contributed by atoms with van der Waals surface area (Å²) < 4.78 is 5.42. The number of piperazine rings is 1. The summed E-state index contributed by atoms with van der Waals surface area (Å²) in [4.78, 5) is 16.2. The van der Waals surface area contributed by atoms with Crippen LogP contribution >= 0.6 is 0 Å². The predicted molar refractivity (Wildman–Crippen MR) is 79.0 cm³/mol. The second-order valence-corrected chi connectivity index (χ2v) is 6.77. The van der Waals surface area contributed by atoms with Crippen LogP contribution in [0.15, 0.2) is 24.3 Å². The van der Waals surface area contributed by atoms with Crippen molar-refractivity contribution in [2.45, 2.75) is 45.4 Å². The monoisotopic (exact) mass is 274 g/mol. The van der Waals surface area contributed by atoms with Gasteiger partial charge in [0.2, 0.25) is 0 Å². The molecule has 0 aromatic heterocycles. The number of aryl methyl sites for hydroxylation is 1. The molecule has 4 nitrogen and oxygen atoms in total. The summed E-state index contributed by atoms with van der Waals surface area (Å²) in [6.45, 7) is 9.36. The van der Waals surface area contributed by atoms with Crippen LogP contribution in [0, 0.1) is 6.92 Å². The van der Waals surface area contributed by atoms with Crippen molar-refractivity contribution in [3.05, 3.63) is 29.8 Å². The van der Waals surface area contributed by atoms with E-state index in [0.717, 1.165) is 13.1 Å². The highest BCUT2D eigenvalue weighted by Gasteiger charge is 2.55. The lowest BCUT2D eigenvalue weighted by molar-refractivity contribution is 0.0283. The molecule has 0 N–H and O–H groups in total. The first-order valence-corrected chi connectivity index (χ1v) is 7.18. The molecule has 1 amide bonds. The van der Waals surface area contributed by atoms with Crippen molar-refractivity contribution in [3.8, 4) is 0 Å². The zero-order valence-electron chi connectivity index (χ0n) is 12.6. The van der Waals surface area contributed by atoms with Crippen LogP contribution in [0.25, 0.3) is 0 Å². The lowest BCUT2D eigenvalue weighted by Crippen LogP contribution is -2.39. The van der Waals surface area contributed by atoms with Gasteiger partial charge in [-0.2, -0.15) is 0 Å². The Kier molecular flexibility index (Phi) is 2.92. The maximum atomic E-state index is 12.0. The molecule has 2 heterocycles. The number of likely N-dealkylation sites (tertiary alicyclic amines) is 1. The van der Waals surface area contributed by atoms with Crippen molar-refractivity contribution in [2.24, 2.45) is 0 Å². The molecule has 0 spiro atoms. The van der Waals surface area contributed by atoms with Gasteiger partial charge < -0.3 is 14.5 Å². The Morgan fingerprint density at radius 3 is 2.45 bits per heavy atom. The highest BCUT2D eigenvalue weighted by Crippen LogP contribution is 2.40. The highest BCUT2D eigenvalue weighted by atomic mass is 16.6. The lowest BCUT2D eigenvalue weighted by Gasteiger charge is -2.26. The minimum absolute atomic E-state index is 0.186. The van der Waals surface area contributed by atoms with Crippen LogP contribution in [0.1, 0.15) is 26.3 Å². The number of amides is 1. The SMILES string of the molecule is Cc1cccc(N2[C@@H]3CN(C(=O)OC(C)(C)C)C[C@@H]32)c1. The Morgan fingerprint density at radius 1 is 1.25 bits per heavy atom. The maximum absolute atomic E-state index is 12.0. The van der Waals surface area contributed by atoms with E-state index in [9.17, 15) is 4.79 Å². The van der Waals surface area contributed by atoms with Crippen LogP contribution in [0.2, 0.25) is 0 Å². The number of rotatable bonds is 1. The van der Waals surface area contributed by atoms with Crippen LogP contribution in [0.4, 0.5) is 10.5 Å². The van der Waals surface area contributed by atoms with Crippen molar-refractivity contribution in [1.82, 2.24) is 4.90 Å². The van der Waals surface area contributed by atoms with Gasteiger partial charge in [0, 0.05) is 18.8 Å². The van der Waals surface area contributed by atoms with Crippen LogP contribution in [-0.4, -0.2) is 41.8 Å². The van der Waals surface area contributed by atoms with E-state index in [4.69, 9.17) is 4.74 Å². The van der Waals surface area contributed by atoms with Gasteiger partial charge >= 0.3 is 6.09 Å². The first kappa shape index (κ1) is 13.3. The number of carbonyl (C=O) groups excluding carboxylic acids is 1. The molecule has 0 bridgehead atoms. The number of ether oxygens (including phenoxy) is 1. The Balaban J connectivity index is 1.59. The quantitative estimate of drug-likeness (QED) is 0.738. The number of hydrogen-bond acceptors (Lipinski definition) is 3. The molecular weight excluding hydrogens is 252 g/mol. The molecule has 0 unspecified atom stereocenters. The van der Waals surface area contributed by atoms with E-state index in [0.29, 0.717) is 12.1 Å². The summed E-state index contributed by atoms with van der Waals surface area (Å²) in [6.07, 6.45) is -0.186. The number of anilines is 1. The highest BCUT2D eigenvalue weighted by molar-refractivity contribution is 5.71. The first-order valence-electron chi connectivity index (χ1n) is 7.18. The predicted octanol–water partition coefficient (Wildman–Crippen LogP) is 2.80. The molecule has 3 rings (SSSR count). The molecule has 0 radical (unpaired) electrons. The number of nitrogens with zero attached hydrogens (tertiary/aromatic N) is 2. The van der Waals surface area contributed by atoms with Gasteiger partial charge in [-0.3, -0.25) is 0 Å². The average Bonchev–Trinajstić information content (AvgIpc) is 2.82. The van der Waals surface area contributed by atoms with E-state index in [2.05, 4.69) is 36.1 Å². The van der Waals surface area contributed by atoms with Crippen molar-refractivity contribution in [1.29, 1.82) is 0 Å². The molecule has 2 atom stereocenters. The van der Waals surface area contributed by atoms with Crippen molar-refractivity contribution < 1.29 is 9.53 Å². The molecule has 1 aromatic rings. The van der Waals surface area contributed by atoms with Gasteiger partial charge in [0.05, 0.1) is 12.1 Å². The smallest absolute Gasteiger partial charge is 0.410 e. The third-order valence-electron chi connectivity index (χ3n) is 3.84. The molecule has 2 aliphatic rings. The number of carbonyl (C=O) groups is 1. The first-order chi connectivity index (χ1) is 9.35. The topological polar surface area (TPSA) is 32.5 Å². The maximum Gasteiger partial charge on any atom is 0.410 e. The summed E-state index contributed by atoms with van der Waals surface area (Å²) in [5.74, 6) is 0. The Bertz CT molecular complexity index is 524. The van der Waals surface area contributed by atoms with Gasteiger partial charge in [0.15, 0.2) is 0 Å². The molecular formula is C16H22N2O2. The van der Waals surface area contributed by atoms with Crippen LogP contribution in [0.5, 0.6) is 0 Å². The molecule has 0 aliphatic carbocycles. The Labute approximate surface area is 120 Å². The zero-order chi connectivity index (χ0) is 14.5. The summed E-state index contributed by atoms with van der Waals surface area (Å²) in [5.41, 5.74) is 2.13. The fourth-order valence-corrected chi connectivity index (χ4v) is 2.93. The van der Waals surface area contributed by atoms with Crippen LogP contribution < -0.4 is 4.90 Å². The zero-order valence-corrected chi connectivity index (χ0v) is 12.6. The van der Waals surface area contributed by atoms with Crippen molar-refractivity contribution in [3.63, 3.8) is 0 Å². The molecule has 4 heteroatoms. The fraction of sp³-hybridized carbons (Fsp3) is 0.562. The van der Waals surface area contributed by atoms with Gasteiger partial charge in [-0.05, 0) is 45.4 Å². The average molecular weight is 274 g/mol. The Morgan fingerprint density at radius 2 is 1.90 bits per heavy atom. The van der Waals surface area contributed by atoms with Crippen LogP contribution in [0.3, 0.4) is 0 Å². The van der Waals surface area contributed by atoms with E-state index in [1.165, 1.54) is 11.3 Å². The Hall–Kier alpha value is -1.71. The largest absolute Gasteiger partial charge is 0.444 e. The van der Waals surface area contributed by atoms with Gasteiger partial charge in [-0.1, -0.05) is 12.1 Å². The molecule has 108 valence electrons. The van der Waals surface area contributed by atoms with E-state index in [-0.39, 0.29) is 6.09 Å². The minimum atomic E-state index is -0.417. The van der Waals surface area contributed by atoms with E-state index in [1.807, 2.05) is 25.7 Å².